The van der Waals surface area contributed by atoms with E-state index in [4.69, 9.17) is 4.74 Å². The molecule has 0 bridgehead atoms. The number of halogens is 1. The van der Waals surface area contributed by atoms with Crippen LogP contribution in [0.25, 0.3) is 27.8 Å². The Hall–Kier alpha value is -4.15. The number of nitrogens with zero attached hydrogens (tertiary/aromatic N) is 5. The number of pyridine rings is 1. The molecule has 9 nitrogen and oxygen atoms in total. The fourth-order valence-corrected chi connectivity index (χ4v) is 7.11. The lowest BCUT2D eigenvalue weighted by atomic mass is 9.84. The van der Waals surface area contributed by atoms with Gasteiger partial charge >= 0.3 is 11.7 Å². The molecule has 254 valence electrons. The SMILES string of the molecule is CN1CCCN(Cc2ccc(-c3cccc(-n4c(=O)n(C5CCC(CC(=O)OC(C)(C)C)CC5)c(=O)c5cc(F)cnc54)c3)cc2)CC1. The van der Waals surface area contributed by atoms with Gasteiger partial charge in [0.25, 0.3) is 5.56 Å². The van der Waals surface area contributed by atoms with Gasteiger partial charge in [0.1, 0.15) is 11.4 Å². The van der Waals surface area contributed by atoms with Gasteiger partial charge in [0, 0.05) is 32.1 Å². The van der Waals surface area contributed by atoms with E-state index in [1.807, 2.05) is 45.0 Å². The summed E-state index contributed by atoms with van der Waals surface area (Å²) in [4.78, 5) is 49.5. The lowest BCUT2D eigenvalue weighted by Gasteiger charge is -2.30. The van der Waals surface area contributed by atoms with Crippen LogP contribution in [0.4, 0.5) is 4.39 Å². The maximum atomic E-state index is 14.5. The van der Waals surface area contributed by atoms with Crippen LogP contribution in [0, 0.1) is 11.7 Å². The number of fused-ring (bicyclic) bond motifs is 1. The molecule has 2 aliphatic rings. The van der Waals surface area contributed by atoms with Crippen LogP contribution in [-0.4, -0.2) is 68.7 Å². The van der Waals surface area contributed by atoms with Gasteiger partial charge in [-0.2, -0.15) is 0 Å². The number of esters is 1. The fraction of sp³-hybridized carbons (Fsp3) is 0.474. The van der Waals surface area contributed by atoms with Gasteiger partial charge in [0.15, 0.2) is 5.65 Å². The number of likely N-dealkylation sites (N-methyl/N-ethyl adjacent to an activating group) is 1. The summed E-state index contributed by atoms with van der Waals surface area (Å²) in [6.07, 6.45) is 4.97. The van der Waals surface area contributed by atoms with Crippen molar-refractivity contribution < 1.29 is 13.9 Å². The predicted octanol–water partition coefficient (Wildman–Crippen LogP) is 5.95. The number of rotatable bonds is 7. The van der Waals surface area contributed by atoms with Crippen LogP contribution in [0.5, 0.6) is 0 Å². The van der Waals surface area contributed by atoms with Gasteiger partial charge in [-0.3, -0.25) is 19.1 Å². The minimum Gasteiger partial charge on any atom is -0.460 e. The number of ether oxygens (including phenoxy) is 1. The summed E-state index contributed by atoms with van der Waals surface area (Å²) in [6.45, 7) is 10.8. The number of carbonyl (C=O) groups excluding carboxylic acids is 1. The Labute approximate surface area is 281 Å². The summed E-state index contributed by atoms with van der Waals surface area (Å²) in [5.41, 5.74) is 2.24. The van der Waals surface area contributed by atoms with E-state index in [0.29, 0.717) is 37.8 Å². The molecule has 3 heterocycles. The Morgan fingerprint density at radius 2 is 1.69 bits per heavy atom. The molecule has 4 aromatic rings. The van der Waals surface area contributed by atoms with Crippen molar-refractivity contribution in [3.63, 3.8) is 0 Å². The first-order chi connectivity index (χ1) is 22.9. The zero-order chi connectivity index (χ0) is 34.0. The maximum absolute atomic E-state index is 14.5. The largest absolute Gasteiger partial charge is 0.460 e. The van der Waals surface area contributed by atoms with Crippen molar-refractivity contribution >= 4 is 17.0 Å². The Bertz CT molecular complexity index is 1890. The molecule has 10 heteroatoms. The van der Waals surface area contributed by atoms with Crippen LogP contribution in [-0.2, 0) is 16.1 Å². The van der Waals surface area contributed by atoms with Crippen LogP contribution < -0.4 is 11.2 Å². The van der Waals surface area contributed by atoms with E-state index in [1.165, 1.54) is 21.1 Å². The molecule has 2 fully saturated rings. The van der Waals surface area contributed by atoms with E-state index < -0.39 is 22.7 Å². The molecule has 0 amide bonds. The van der Waals surface area contributed by atoms with Crippen molar-refractivity contribution in [1.82, 2.24) is 23.9 Å². The van der Waals surface area contributed by atoms with E-state index in [9.17, 15) is 18.8 Å². The van der Waals surface area contributed by atoms with Crippen LogP contribution in [0.15, 0.2) is 70.4 Å². The first kappa shape index (κ1) is 33.7. The number of benzene rings is 2. The quantitative estimate of drug-likeness (QED) is 0.227. The van der Waals surface area contributed by atoms with Crippen LogP contribution in [0.3, 0.4) is 0 Å². The smallest absolute Gasteiger partial charge is 0.337 e. The molecule has 0 radical (unpaired) electrons. The van der Waals surface area contributed by atoms with Gasteiger partial charge < -0.3 is 9.64 Å². The summed E-state index contributed by atoms with van der Waals surface area (Å²) in [6, 6.07) is 16.9. The van der Waals surface area contributed by atoms with Crippen molar-refractivity contribution in [3.05, 3.63) is 93.0 Å². The van der Waals surface area contributed by atoms with Crippen molar-refractivity contribution in [1.29, 1.82) is 0 Å². The van der Waals surface area contributed by atoms with Gasteiger partial charge in [-0.15, -0.1) is 0 Å². The van der Waals surface area contributed by atoms with Gasteiger partial charge in [0.2, 0.25) is 0 Å². The van der Waals surface area contributed by atoms with Gasteiger partial charge in [-0.05, 0) is 114 Å². The fourth-order valence-electron chi connectivity index (χ4n) is 7.11. The van der Waals surface area contributed by atoms with Gasteiger partial charge in [0.05, 0.1) is 17.3 Å². The summed E-state index contributed by atoms with van der Waals surface area (Å²) in [7, 11) is 2.17. The molecule has 1 saturated carbocycles. The van der Waals surface area contributed by atoms with Crippen LogP contribution in [0.2, 0.25) is 0 Å². The standard InChI is InChI=1S/C38H46FN5O4/c1-38(2,3)48-34(45)21-26-11-15-31(16-12-26)44-36(46)33-23-30(39)24-40-35(33)43(37(44)47)32-8-5-7-29(22-32)28-13-9-27(10-14-28)25-42-18-6-17-41(4)19-20-42/h5,7-10,13-14,22-24,26,31H,6,11-12,15-21,25H2,1-4H3. The number of aromatic nitrogens is 3. The molecular formula is C38H46FN5O4. The Morgan fingerprint density at radius 3 is 2.42 bits per heavy atom. The Balaban J connectivity index is 1.28. The summed E-state index contributed by atoms with van der Waals surface area (Å²) in [5.74, 6) is -0.765. The van der Waals surface area contributed by atoms with E-state index >= 15 is 0 Å². The van der Waals surface area contributed by atoms with Crippen molar-refractivity contribution in [2.24, 2.45) is 5.92 Å². The molecule has 0 spiro atoms. The highest BCUT2D eigenvalue weighted by molar-refractivity contribution is 5.76. The third kappa shape index (κ3) is 7.76. The first-order valence-corrected chi connectivity index (χ1v) is 17.1. The lowest BCUT2D eigenvalue weighted by Crippen LogP contribution is -2.43. The summed E-state index contributed by atoms with van der Waals surface area (Å²) >= 11 is 0. The average molecular weight is 656 g/mol. The highest BCUT2D eigenvalue weighted by atomic mass is 19.1. The normalized spacial score (nSPS) is 19.7. The van der Waals surface area contributed by atoms with Crippen molar-refractivity contribution in [2.75, 3.05) is 33.2 Å². The molecule has 0 N–H and O–H groups in total. The average Bonchev–Trinajstić information content (AvgIpc) is 3.25. The third-order valence-electron chi connectivity index (χ3n) is 9.56. The molecule has 0 unspecified atom stereocenters. The van der Waals surface area contributed by atoms with E-state index in [-0.39, 0.29) is 29.0 Å². The second-order valence-corrected chi connectivity index (χ2v) is 14.5. The molecule has 1 aliphatic heterocycles. The lowest BCUT2D eigenvalue weighted by molar-refractivity contribution is -0.156. The second-order valence-electron chi connectivity index (χ2n) is 14.5. The molecule has 1 aliphatic carbocycles. The zero-order valence-electron chi connectivity index (χ0n) is 28.5. The second kappa shape index (κ2) is 14.1. The topological polar surface area (TPSA) is 89.7 Å². The predicted molar refractivity (Wildman–Crippen MR) is 186 cm³/mol. The molecule has 2 aromatic carbocycles. The first-order valence-electron chi connectivity index (χ1n) is 17.1. The summed E-state index contributed by atoms with van der Waals surface area (Å²) in [5, 5.41) is 0.0555. The maximum Gasteiger partial charge on any atom is 0.337 e. The molecule has 6 rings (SSSR count). The minimum absolute atomic E-state index is 0.0555. The molecule has 1 saturated heterocycles. The van der Waals surface area contributed by atoms with Gasteiger partial charge in [-0.25, -0.2) is 18.7 Å². The van der Waals surface area contributed by atoms with E-state index in [0.717, 1.165) is 56.1 Å². The Morgan fingerprint density at radius 1 is 0.938 bits per heavy atom. The summed E-state index contributed by atoms with van der Waals surface area (Å²) < 4.78 is 22.7. The number of carbonyl (C=O) groups is 1. The molecule has 2 aromatic heterocycles. The highest BCUT2D eigenvalue weighted by Gasteiger charge is 2.29. The van der Waals surface area contributed by atoms with E-state index in [1.54, 1.807) is 0 Å². The molecule has 48 heavy (non-hydrogen) atoms. The number of hydrogen-bond donors (Lipinski definition) is 0. The van der Waals surface area contributed by atoms with Crippen molar-refractivity contribution in [2.45, 2.75) is 77.5 Å². The van der Waals surface area contributed by atoms with Gasteiger partial charge in [-0.1, -0.05) is 36.4 Å². The zero-order valence-corrected chi connectivity index (χ0v) is 28.5. The third-order valence-corrected chi connectivity index (χ3v) is 9.56. The van der Waals surface area contributed by atoms with Crippen LogP contribution >= 0.6 is 0 Å². The molecular weight excluding hydrogens is 609 g/mol. The monoisotopic (exact) mass is 655 g/mol. The molecule has 0 atom stereocenters. The number of hydrogen-bond acceptors (Lipinski definition) is 7. The Kier molecular flexibility index (Phi) is 9.94. The van der Waals surface area contributed by atoms with Crippen molar-refractivity contribution in [3.8, 4) is 16.8 Å². The van der Waals surface area contributed by atoms with Crippen LogP contribution in [0.1, 0.15) is 70.9 Å². The minimum atomic E-state index is -0.640. The highest BCUT2D eigenvalue weighted by Crippen LogP contribution is 2.34. The van der Waals surface area contributed by atoms with E-state index in [2.05, 4.69) is 46.1 Å².